The summed E-state index contributed by atoms with van der Waals surface area (Å²) in [5.41, 5.74) is 7.45. The molecule has 1 atom stereocenters. The molecule has 200 valence electrons. The van der Waals surface area contributed by atoms with E-state index in [-0.39, 0.29) is 11.4 Å². The highest BCUT2D eigenvalue weighted by atomic mass is 16.5. The van der Waals surface area contributed by atoms with Crippen LogP contribution in [-0.4, -0.2) is 45.6 Å². The molecule has 0 radical (unpaired) electrons. The summed E-state index contributed by atoms with van der Waals surface area (Å²) in [5.74, 6) is -1.01. The number of benzene rings is 2. The molecule has 0 bridgehead atoms. The van der Waals surface area contributed by atoms with Gasteiger partial charge in [-0.2, -0.15) is 0 Å². The minimum Gasteiger partial charge on any atom is -0.479 e. The zero-order valence-electron chi connectivity index (χ0n) is 23.7. The molecule has 0 spiro atoms. The van der Waals surface area contributed by atoms with Crippen LogP contribution in [0.15, 0.2) is 24.3 Å². The summed E-state index contributed by atoms with van der Waals surface area (Å²) in [4.78, 5) is 30.1. The molecule has 2 aromatic carbocycles. The van der Waals surface area contributed by atoms with Crippen molar-refractivity contribution in [3.8, 4) is 11.1 Å². The van der Waals surface area contributed by atoms with Crippen molar-refractivity contribution >= 4 is 12.0 Å². The van der Waals surface area contributed by atoms with E-state index in [0.717, 1.165) is 64.9 Å². The van der Waals surface area contributed by atoms with Gasteiger partial charge < -0.3 is 19.6 Å². The van der Waals surface area contributed by atoms with Gasteiger partial charge in [-0.3, -0.25) is 0 Å². The third-order valence-electron chi connectivity index (χ3n) is 7.97. The normalized spacial score (nSPS) is 18.1. The van der Waals surface area contributed by atoms with E-state index in [4.69, 9.17) is 4.74 Å². The summed E-state index contributed by atoms with van der Waals surface area (Å²) < 4.78 is 6.17. The molecular weight excluding hydrogens is 464 g/mol. The first-order valence-electron chi connectivity index (χ1n) is 13.3. The smallest absolute Gasteiger partial charge is 0.337 e. The number of nitrogens with zero attached hydrogens (tertiary/aromatic N) is 2. The van der Waals surface area contributed by atoms with E-state index in [1.54, 1.807) is 0 Å². The summed E-state index contributed by atoms with van der Waals surface area (Å²) in [7, 11) is 0. The van der Waals surface area contributed by atoms with Gasteiger partial charge in [0, 0.05) is 31.7 Å². The quantitative estimate of drug-likeness (QED) is 0.496. The maximum absolute atomic E-state index is 13.5. The predicted octanol–water partition coefficient (Wildman–Crippen LogP) is 6.78. The highest BCUT2D eigenvalue weighted by Gasteiger charge is 2.38. The van der Waals surface area contributed by atoms with Crippen molar-refractivity contribution in [2.45, 2.75) is 93.0 Å². The highest BCUT2D eigenvalue weighted by molar-refractivity contribution is 5.85. The Kier molecular flexibility index (Phi) is 7.19. The summed E-state index contributed by atoms with van der Waals surface area (Å²) in [6.07, 6.45) is 0.891. The average Bonchev–Trinajstić information content (AvgIpc) is 3.26. The molecule has 1 N–H and O–H groups in total. The Bertz CT molecular complexity index is 1200. The van der Waals surface area contributed by atoms with Gasteiger partial charge in [-0.05, 0) is 93.2 Å². The summed E-state index contributed by atoms with van der Waals surface area (Å²) in [5, 5.41) is 10.3. The molecule has 2 aliphatic rings. The van der Waals surface area contributed by atoms with Crippen LogP contribution >= 0.6 is 0 Å². The number of aryl methyl sites for hydroxylation is 1. The maximum Gasteiger partial charge on any atom is 0.337 e. The lowest BCUT2D eigenvalue weighted by Gasteiger charge is -2.38. The minimum absolute atomic E-state index is 0.0738. The highest BCUT2D eigenvalue weighted by Crippen LogP contribution is 2.44. The molecule has 2 heterocycles. The van der Waals surface area contributed by atoms with E-state index in [1.165, 1.54) is 0 Å². The second-order valence-corrected chi connectivity index (χ2v) is 12.6. The van der Waals surface area contributed by atoms with E-state index in [9.17, 15) is 14.7 Å². The number of carbonyl (C=O) groups is 2. The van der Waals surface area contributed by atoms with Crippen molar-refractivity contribution in [2.24, 2.45) is 5.41 Å². The average molecular weight is 507 g/mol. The molecule has 0 aromatic heterocycles. The number of amides is 2. The number of ether oxygens (including phenoxy) is 1. The second kappa shape index (κ2) is 9.79. The van der Waals surface area contributed by atoms with Gasteiger partial charge >= 0.3 is 12.0 Å². The molecule has 1 fully saturated rings. The van der Waals surface area contributed by atoms with Crippen molar-refractivity contribution < 1.29 is 19.4 Å². The number of carbonyl (C=O) groups excluding carboxylic acids is 1. The number of rotatable bonds is 4. The first kappa shape index (κ1) is 27.2. The van der Waals surface area contributed by atoms with Gasteiger partial charge in [-0.1, -0.05) is 43.7 Å². The fourth-order valence-electron chi connectivity index (χ4n) is 5.67. The van der Waals surface area contributed by atoms with Gasteiger partial charge in [0.1, 0.15) is 0 Å². The summed E-state index contributed by atoms with van der Waals surface area (Å²) in [6.45, 7) is 18.8. The van der Waals surface area contributed by atoms with Crippen LogP contribution in [0, 0.1) is 26.2 Å². The first-order chi connectivity index (χ1) is 17.2. The number of piperidine rings is 1. The maximum atomic E-state index is 13.5. The Labute approximate surface area is 221 Å². The zero-order chi connectivity index (χ0) is 27.3. The van der Waals surface area contributed by atoms with Crippen LogP contribution in [-0.2, 0) is 22.6 Å². The van der Waals surface area contributed by atoms with Gasteiger partial charge in [0.15, 0.2) is 6.10 Å². The number of likely N-dealkylation sites (tertiary alicyclic amines) is 1. The standard InChI is InChI=1S/C31H42N2O4/c1-19-9-11-22(12-10-19)25-20(2)23-17-33(29(36)32-15-13-31(7,8)14-16-32)18-24(23)21(3)26(25)27(28(34)35)37-30(4,5)6/h9-12,27H,13-18H2,1-8H3,(H,34,35). The Morgan fingerprint density at radius 1 is 0.919 bits per heavy atom. The Hall–Kier alpha value is -2.86. The van der Waals surface area contributed by atoms with E-state index < -0.39 is 17.7 Å². The van der Waals surface area contributed by atoms with Crippen molar-refractivity contribution in [3.63, 3.8) is 0 Å². The molecule has 2 aromatic rings. The first-order valence-corrected chi connectivity index (χ1v) is 13.3. The number of aliphatic carboxylic acids is 1. The number of fused-ring (bicyclic) bond motifs is 1. The number of hydrogen-bond donors (Lipinski definition) is 1. The fraction of sp³-hybridized carbons (Fsp3) is 0.548. The molecule has 2 aliphatic heterocycles. The molecule has 1 saturated heterocycles. The largest absolute Gasteiger partial charge is 0.479 e. The van der Waals surface area contributed by atoms with Gasteiger partial charge in [-0.25, -0.2) is 9.59 Å². The fourth-order valence-corrected chi connectivity index (χ4v) is 5.67. The SMILES string of the molecule is Cc1ccc(-c2c(C)c3c(c(C)c2C(OC(C)(C)C)C(=O)O)CN(C(=O)N2CCC(C)(C)CC2)C3)cc1. The lowest BCUT2D eigenvalue weighted by Crippen LogP contribution is -2.46. The van der Waals surface area contributed by atoms with Gasteiger partial charge in [0.25, 0.3) is 0 Å². The molecule has 37 heavy (non-hydrogen) atoms. The van der Waals surface area contributed by atoms with Crippen molar-refractivity contribution in [1.82, 2.24) is 9.80 Å². The Balaban J connectivity index is 1.80. The van der Waals surface area contributed by atoms with E-state index in [2.05, 4.69) is 45.0 Å². The van der Waals surface area contributed by atoms with Crippen LogP contribution in [0.2, 0.25) is 0 Å². The molecule has 6 heteroatoms. The van der Waals surface area contributed by atoms with Crippen molar-refractivity contribution in [1.29, 1.82) is 0 Å². The van der Waals surface area contributed by atoms with Crippen LogP contribution in [0.25, 0.3) is 11.1 Å². The van der Waals surface area contributed by atoms with Crippen LogP contribution < -0.4 is 0 Å². The zero-order valence-corrected chi connectivity index (χ0v) is 23.7. The number of urea groups is 1. The predicted molar refractivity (Wildman–Crippen MR) is 147 cm³/mol. The number of carboxylic acids is 1. The minimum atomic E-state index is -1.12. The monoisotopic (exact) mass is 506 g/mol. The van der Waals surface area contributed by atoms with Gasteiger partial charge in [0.05, 0.1) is 5.60 Å². The lowest BCUT2D eigenvalue weighted by molar-refractivity contribution is -0.160. The molecule has 2 amide bonds. The van der Waals surface area contributed by atoms with Crippen LogP contribution in [0.5, 0.6) is 0 Å². The molecular formula is C31H42N2O4. The third kappa shape index (κ3) is 5.54. The lowest BCUT2D eigenvalue weighted by atomic mass is 9.83. The summed E-state index contributed by atoms with van der Waals surface area (Å²) in [6, 6.07) is 8.28. The van der Waals surface area contributed by atoms with Crippen LogP contribution in [0.4, 0.5) is 4.79 Å². The Morgan fingerprint density at radius 2 is 1.46 bits per heavy atom. The van der Waals surface area contributed by atoms with Crippen molar-refractivity contribution in [3.05, 3.63) is 57.6 Å². The molecule has 6 nitrogen and oxygen atoms in total. The number of carboxylic acid groups (broad SMARTS) is 1. The van der Waals surface area contributed by atoms with Gasteiger partial charge in [0.2, 0.25) is 0 Å². The molecule has 0 saturated carbocycles. The van der Waals surface area contributed by atoms with Crippen LogP contribution in [0.1, 0.15) is 86.9 Å². The van der Waals surface area contributed by atoms with E-state index in [0.29, 0.717) is 18.7 Å². The van der Waals surface area contributed by atoms with Crippen LogP contribution in [0.3, 0.4) is 0 Å². The summed E-state index contributed by atoms with van der Waals surface area (Å²) >= 11 is 0. The topological polar surface area (TPSA) is 70.1 Å². The number of hydrogen-bond acceptors (Lipinski definition) is 3. The van der Waals surface area contributed by atoms with Gasteiger partial charge in [-0.15, -0.1) is 0 Å². The Morgan fingerprint density at radius 3 is 1.97 bits per heavy atom. The molecule has 0 aliphatic carbocycles. The second-order valence-electron chi connectivity index (χ2n) is 12.6. The molecule has 1 unspecified atom stereocenters. The van der Waals surface area contributed by atoms with E-state index in [1.807, 2.05) is 44.4 Å². The van der Waals surface area contributed by atoms with E-state index >= 15 is 0 Å². The third-order valence-corrected chi connectivity index (χ3v) is 7.97. The van der Waals surface area contributed by atoms with Crippen molar-refractivity contribution in [2.75, 3.05) is 13.1 Å². The molecule has 4 rings (SSSR count).